The molecule has 3 N–H and O–H groups in total. The van der Waals surface area contributed by atoms with Gasteiger partial charge in [0.2, 0.25) is 0 Å². The van der Waals surface area contributed by atoms with Crippen LogP contribution in [0.3, 0.4) is 0 Å². The maximum Gasteiger partial charge on any atom is 0.191 e. The predicted octanol–water partition coefficient (Wildman–Crippen LogP) is 3.47. The molecule has 2 aromatic rings. The Balaban J connectivity index is 1.97. The third kappa shape index (κ3) is 7.51. The second-order valence-corrected chi connectivity index (χ2v) is 7.98. The summed E-state index contributed by atoms with van der Waals surface area (Å²) >= 11 is 1.81. The summed E-state index contributed by atoms with van der Waals surface area (Å²) in [6, 6.07) is 15.7. The number of aliphatic hydroxyl groups is 1. The number of nitrogens with one attached hydrogen (secondary N) is 2. The van der Waals surface area contributed by atoms with Gasteiger partial charge >= 0.3 is 0 Å². The van der Waals surface area contributed by atoms with Gasteiger partial charge in [-0.3, -0.25) is 4.99 Å². The van der Waals surface area contributed by atoms with Gasteiger partial charge in [0.15, 0.2) is 5.96 Å². The number of methoxy groups -OCH3 is 2. The molecule has 0 saturated heterocycles. The molecule has 158 valence electrons. The standard InChI is InChI=1S/C22H31N3O3S/c1-5-23-22(24-14-16(2)29-18-9-7-6-8-10-18)25-15-20(26)19-13-17(27-3)11-12-21(19)28-4/h6-13,16,20,26H,5,14-15H2,1-4H3,(H2,23,24,25). The lowest BCUT2D eigenvalue weighted by molar-refractivity contribution is 0.182. The van der Waals surface area contributed by atoms with Gasteiger partial charge in [-0.1, -0.05) is 25.1 Å². The number of hydrogen-bond donors (Lipinski definition) is 3. The molecule has 0 bridgehead atoms. The van der Waals surface area contributed by atoms with Gasteiger partial charge in [-0.2, -0.15) is 0 Å². The Hall–Kier alpha value is -2.38. The van der Waals surface area contributed by atoms with Crippen molar-refractivity contribution in [2.45, 2.75) is 30.1 Å². The largest absolute Gasteiger partial charge is 0.497 e. The van der Waals surface area contributed by atoms with Crippen molar-refractivity contribution in [3.63, 3.8) is 0 Å². The van der Waals surface area contributed by atoms with Gasteiger partial charge in [0.1, 0.15) is 17.6 Å². The fraction of sp³-hybridized carbons (Fsp3) is 0.409. The van der Waals surface area contributed by atoms with Crippen molar-refractivity contribution in [2.24, 2.45) is 4.99 Å². The van der Waals surface area contributed by atoms with E-state index in [1.54, 1.807) is 32.4 Å². The summed E-state index contributed by atoms with van der Waals surface area (Å²) in [5.41, 5.74) is 0.652. The predicted molar refractivity (Wildman–Crippen MR) is 120 cm³/mol. The molecule has 0 radical (unpaired) electrons. The number of ether oxygens (including phenoxy) is 2. The summed E-state index contributed by atoms with van der Waals surface area (Å²) < 4.78 is 10.6. The highest BCUT2D eigenvalue weighted by Crippen LogP contribution is 2.29. The zero-order valence-electron chi connectivity index (χ0n) is 17.5. The zero-order chi connectivity index (χ0) is 21.1. The highest BCUT2D eigenvalue weighted by Gasteiger charge is 2.15. The number of rotatable bonds is 10. The molecule has 29 heavy (non-hydrogen) atoms. The lowest BCUT2D eigenvalue weighted by atomic mass is 10.1. The molecule has 0 aromatic heterocycles. The summed E-state index contributed by atoms with van der Waals surface area (Å²) in [7, 11) is 3.18. The van der Waals surface area contributed by atoms with Crippen LogP contribution in [0.5, 0.6) is 11.5 Å². The molecule has 0 heterocycles. The lowest BCUT2D eigenvalue weighted by Gasteiger charge is -2.17. The molecular formula is C22H31N3O3S. The van der Waals surface area contributed by atoms with E-state index in [9.17, 15) is 5.11 Å². The van der Waals surface area contributed by atoms with Crippen molar-refractivity contribution in [3.8, 4) is 11.5 Å². The second kappa shape index (κ2) is 12.2. The number of aliphatic hydroxyl groups excluding tert-OH is 1. The summed E-state index contributed by atoms with van der Waals surface area (Å²) in [4.78, 5) is 5.78. The third-order valence-electron chi connectivity index (χ3n) is 4.20. The SMILES string of the molecule is CCNC(=NCC(O)c1cc(OC)ccc1OC)NCC(C)Sc1ccccc1. The van der Waals surface area contributed by atoms with Crippen LogP contribution in [0.1, 0.15) is 25.5 Å². The Labute approximate surface area is 177 Å². The van der Waals surface area contributed by atoms with E-state index >= 15 is 0 Å². The van der Waals surface area contributed by atoms with Crippen molar-refractivity contribution < 1.29 is 14.6 Å². The molecule has 0 spiro atoms. The number of hydrogen-bond acceptors (Lipinski definition) is 5. The fourth-order valence-corrected chi connectivity index (χ4v) is 3.68. The molecule has 0 aliphatic carbocycles. The van der Waals surface area contributed by atoms with Gasteiger partial charge in [-0.25, -0.2) is 0 Å². The molecule has 2 aromatic carbocycles. The smallest absolute Gasteiger partial charge is 0.191 e. The topological polar surface area (TPSA) is 75.1 Å². The molecule has 2 atom stereocenters. The quantitative estimate of drug-likeness (QED) is 0.312. The van der Waals surface area contributed by atoms with Gasteiger partial charge in [0, 0.05) is 28.8 Å². The second-order valence-electron chi connectivity index (χ2n) is 6.47. The first-order valence-electron chi connectivity index (χ1n) is 9.71. The van der Waals surface area contributed by atoms with Crippen molar-refractivity contribution in [2.75, 3.05) is 33.9 Å². The first kappa shape index (κ1) is 22.9. The van der Waals surface area contributed by atoms with E-state index in [1.165, 1.54) is 4.90 Å². The molecule has 0 amide bonds. The molecule has 2 rings (SSSR count). The normalized spacial score (nSPS) is 13.5. The van der Waals surface area contributed by atoms with Gasteiger partial charge in [0.05, 0.1) is 20.8 Å². The number of aliphatic imine (C=N–C) groups is 1. The average Bonchev–Trinajstić information content (AvgIpc) is 2.75. The summed E-state index contributed by atoms with van der Waals surface area (Å²) in [5, 5.41) is 17.6. The van der Waals surface area contributed by atoms with Crippen molar-refractivity contribution >= 4 is 17.7 Å². The molecule has 6 nitrogen and oxygen atoms in total. The van der Waals surface area contributed by atoms with Gasteiger partial charge in [0.25, 0.3) is 0 Å². The minimum absolute atomic E-state index is 0.207. The first-order chi connectivity index (χ1) is 14.1. The number of guanidine groups is 1. The van der Waals surface area contributed by atoms with Gasteiger partial charge in [-0.05, 0) is 37.3 Å². The van der Waals surface area contributed by atoms with E-state index in [1.807, 2.05) is 36.9 Å². The summed E-state index contributed by atoms with van der Waals surface area (Å²) in [6.45, 7) is 5.89. The zero-order valence-corrected chi connectivity index (χ0v) is 18.3. The molecule has 0 saturated carbocycles. The van der Waals surface area contributed by atoms with Crippen LogP contribution in [-0.2, 0) is 0 Å². The first-order valence-corrected chi connectivity index (χ1v) is 10.6. The Morgan fingerprint density at radius 2 is 1.86 bits per heavy atom. The summed E-state index contributed by atoms with van der Waals surface area (Å²) in [5.74, 6) is 1.95. The molecular weight excluding hydrogens is 386 g/mol. The average molecular weight is 418 g/mol. The molecule has 0 aliphatic rings. The van der Waals surface area contributed by atoms with Crippen LogP contribution in [0.2, 0.25) is 0 Å². The third-order valence-corrected chi connectivity index (χ3v) is 5.31. The highest BCUT2D eigenvalue weighted by molar-refractivity contribution is 8.00. The van der Waals surface area contributed by atoms with E-state index in [0.717, 1.165) is 13.1 Å². The number of nitrogens with zero attached hydrogens (tertiary/aromatic N) is 1. The monoisotopic (exact) mass is 417 g/mol. The van der Waals surface area contributed by atoms with Crippen LogP contribution in [0, 0.1) is 0 Å². The van der Waals surface area contributed by atoms with E-state index in [-0.39, 0.29) is 6.54 Å². The Morgan fingerprint density at radius 3 is 2.52 bits per heavy atom. The van der Waals surface area contributed by atoms with Crippen molar-refractivity contribution in [1.29, 1.82) is 0 Å². The van der Waals surface area contributed by atoms with Crippen molar-refractivity contribution in [1.82, 2.24) is 10.6 Å². The van der Waals surface area contributed by atoms with Crippen LogP contribution < -0.4 is 20.1 Å². The number of benzene rings is 2. The summed E-state index contributed by atoms with van der Waals surface area (Å²) in [6.07, 6.45) is -0.799. The molecule has 2 unspecified atom stereocenters. The van der Waals surface area contributed by atoms with E-state index in [2.05, 4.69) is 34.7 Å². The van der Waals surface area contributed by atoms with Crippen LogP contribution in [0.25, 0.3) is 0 Å². The minimum Gasteiger partial charge on any atom is -0.497 e. The van der Waals surface area contributed by atoms with E-state index < -0.39 is 6.10 Å². The number of thioether (sulfide) groups is 1. The maximum atomic E-state index is 10.6. The highest BCUT2D eigenvalue weighted by atomic mass is 32.2. The Morgan fingerprint density at radius 1 is 1.10 bits per heavy atom. The maximum absolute atomic E-state index is 10.6. The van der Waals surface area contributed by atoms with Crippen LogP contribution in [0.15, 0.2) is 58.4 Å². The minimum atomic E-state index is -0.799. The van der Waals surface area contributed by atoms with Gasteiger partial charge < -0.3 is 25.2 Å². The fourth-order valence-electron chi connectivity index (χ4n) is 2.73. The van der Waals surface area contributed by atoms with Crippen LogP contribution in [0.4, 0.5) is 0 Å². The Kier molecular flexibility index (Phi) is 9.67. The molecule has 7 heteroatoms. The van der Waals surface area contributed by atoms with Crippen molar-refractivity contribution in [3.05, 3.63) is 54.1 Å². The molecule has 0 fully saturated rings. The van der Waals surface area contributed by atoms with E-state index in [4.69, 9.17) is 9.47 Å². The Bertz CT molecular complexity index is 771. The van der Waals surface area contributed by atoms with Crippen LogP contribution in [-0.4, -0.2) is 50.2 Å². The van der Waals surface area contributed by atoms with Gasteiger partial charge in [-0.15, -0.1) is 11.8 Å². The molecule has 0 aliphatic heterocycles. The van der Waals surface area contributed by atoms with E-state index in [0.29, 0.717) is 28.3 Å². The van der Waals surface area contributed by atoms with Crippen LogP contribution >= 0.6 is 11.8 Å². The lowest BCUT2D eigenvalue weighted by Crippen LogP contribution is -2.40.